The van der Waals surface area contributed by atoms with E-state index in [1.807, 2.05) is 4.90 Å². The molecule has 1 aromatic heterocycles. The molecule has 0 bridgehead atoms. The van der Waals surface area contributed by atoms with Crippen molar-refractivity contribution in [2.75, 3.05) is 18.8 Å². The molecule has 0 unspecified atom stereocenters. The first-order valence-corrected chi connectivity index (χ1v) is 6.90. The number of nitrogens with two attached hydrogens (primary N) is 1. The van der Waals surface area contributed by atoms with E-state index in [0.717, 1.165) is 25.9 Å². The van der Waals surface area contributed by atoms with E-state index in [9.17, 15) is 9.59 Å². The molecule has 1 aliphatic rings. The average molecular weight is 263 g/mol. The van der Waals surface area contributed by atoms with Crippen molar-refractivity contribution in [3.63, 3.8) is 0 Å². The van der Waals surface area contributed by atoms with Gasteiger partial charge in [-0.3, -0.25) is 9.59 Å². The molecule has 2 heterocycles. The lowest BCUT2D eigenvalue weighted by Crippen LogP contribution is -2.38. The fourth-order valence-corrected chi connectivity index (χ4v) is 2.42. The SMILES string of the molecule is Nc1ccc(=O)n(CC(=O)N2CCCCCCC2)c1. The van der Waals surface area contributed by atoms with Gasteiger partial charge in [0.15, 0.2) is 0 Å². The van der Waals surface area contributed by atoms with Crippen molar-refractivity contribution in [2.24, 2.45) is 0 Å². The Bertz CT molecular complexity index is 488. The Hall–Kier alpha value is -1.78. The smallest absolute Gasteiger partial charge is 0.251 e. The van der Waals surface area contributed by atoms with Gasteiger partial charge in [-0.15, -0.1) is 0 Å². The van der Waals surface area contributed by atoms with Crippen LogP contribution in [0.4, 0.5) is 5.69 Å². The fourth-order valence-electron chi connectivity index (χ4n) is 2.42. The number of rotatable bonds is 2. The minimum Gasteiger partial charge on any atom is -0.398 e. The van der Waals surface area contributed by atoms with Crippen molar-refractivity contribution >= 4 is 11.6 Å². The average Bonchev–Trinajstić information content (AvgIpc) is 2.33. The summed E-state index contributed by atoms with van der Waals surface area (Å²) in [5, 5.41) is 0. The van der Waals surface area contributed by atoms with Crippen LogP contribution in [0.25, 0.3) is 0 Å². The first-order chi connectivity index (χ1) is 9.16. The second kappa shape index (κ2) is 6.41. The Kier molecular flexibility index (Phi) is 4.60. The summed E-state index contributed by atoms with van der Waals surface area (Å²) in [5.74, 6) is 0.00889. The van der Waals surface area contributed by atoms with Gasteiger partial charge in [-0.2, -0.15) is 0 Å². The summed E-state index contributed by atoms with van der Waals surface area (Å²) in [6, 6.07) is 2.95. The summed E-state index contributed by atoms with van der Waals surface area (Å²) in [6.45, 7) is 1.69. The molecule has 5 nitrogen and oxygen atoms in total. The molecular formula is C14H21N3O2. The van der Waals surface area contributed by atoms with Gasteiger partial charge in [-0.1, -0.05) is 19.3 Å². The molecule has 1 saturated heterocycles. The number of carbonyl (C=O) groups excluding carboxylic acids is 1. The van der Waals surface area contributed by atoms with Gasteiger partial charge < -0.3 is 15.2 Å². The van der Waals surface area contributed by atoms with E-state index in [1.54, 1.807) is 6.07 Å². The number of carbonyl (C=O) groups is 1. The van der Waals surface area contributed by atoms with Crippen molar-refractivity contribution < 1.29 is 4.79 Å². The van der Waals surface area contributed by atoms with E-state index < -0.39 is 0 Å². The normalized spacial score (nSPS) is 16.7. The second-order valence-electron chi connectivity index (χ2n) is 5.08. The highest BCUT2D eigenvalue weighted by Gasteiger charge is 2.15. The highest BCUT2D eigenvalue weighted by atomic mass is 16.2. The van der Waals surface area contributed by atoms with Crippen LogP contribution in [0.2, 0.25) is 0 Å². The minimum atomic E-state index is -0.186. The summed E-state index contributed by atoms with van der Waals surface area (Å²) in [4.78, 5) is 25.7. The molecular weight excluding hydrogens is 242 g/mol. The molecule has 104 valence electrons. The van der Waals surface area contributed by atoms with Crippen LogP contribution in [0.5, 0.6) is 0 Å². The van der Waals surface area contributed by atoms with E-state index in [4.69, 9.17) is 5.73 Å². The number of likely N-dealkylation sites (tertiary alicyclic amines) is 1. The number of hydrogen-bond donors (Lipinski definition) is 1. The molecule has 19 heavy (non-hydrogen) atoms. The van der Waals surface area contributed by atoms with Crippen LogP contribution in [0.1, 0.15) is 32.1 Å². The third kappa shape index (κ3) is 3.84. The maximum absolute atomic E-state index is 12.2. The molecule has 0 atom stereocenters. The van der Waals surface area contributed by atoms with Crippen molar-refractivity contribution in [3.8, 4) is 0 Å². The Balaban J connectivity index is 2.02. The van der Waals surface area contributed by atoms with Crippen molar-refractivity contribution in [3.05, 3.63) is 28.7 Å². The number of nitrogens with zero attached hydrogens (tertiary/aromatic N) is 2. The first kappa shape index (κ1) is 13.6. The molecule has 0 radical (unpaired) electrons. The zero-order chi connectivity index (χ0) is 13.7. The molecule has 5 heteroatoms. The van der Waals surface area contributed by atoms with Gasteiger partial charge in [0.05, 0.1) is 0 Å². The van der Waals surface area contributed by atoms with Crippen LogP contribution in [0, 0.1) is 0 Å². The molecule has 2 rings (SSSR count). The molecule has 0 spiro atoms. The largest absolute Gasteiger partial charge is 0.398 e. The Morgan fingerprint density at radius 1 is 1.11 bits per heavy atom. The molecule has 0 aliphatic carbocycles. The molecule has 0 aromatic carbocycles. The Labute approximate surface area is 113 Å². The number of aromatic nitrogens is 1. The summed E-state index contributed by atoms with van der Waals surface area (Å²) >= 11 is 0. The second-order valence-corrected chi connectivity index (χ2v) is 5.08. The number of nitrogen functional groups attached to an aromatic ring is 1. The third-order valence-electron chi connectivity index (χ3n) is 3.52. The van der Waals surface area contributed by atoms with E-state index in [0.29, 0.717) is 5.69 Å². The summed E-state index contributed by atoms with van der Waals surface area (Å²) in [5.41, 5.74) is 5.96. The molecule has 1 amide bonds. The highest BCUT2D eigenvalue weighted by Crippen LogP contribution is 2.11. The van der Waals surface area contributed by atoms with Gasteiger partial charge >= 0.3 is 0 Å². The maximum Gasteiger partial charge on any atom is 0.251 e. The molecule has 1 aromatic rings. The predicted octanol–water partition coefficient (Wildman–Crippen LogP) is 1.22. The minimum absolute atomic E-state index is 0.00889. The molecule has 2 N–H and O–H groups in total. The first-order valence-electron chi connectivity index (χ1n) is 6.90. The van der Waals surface area contributed by atoms with Gasteiger partial charge in [-0.25, -0.2) is 0 Å². The lowest BCUT2D eigenvalue weighted by atomic mass is 10.1. The summed E-state index contributed by atoms with van der Waals surface area (Å²) in [7, 11) is 0. The molecule has 1 aliphatic heterocycles. The molecule has 1 fully saturated rings. The van der Waals surface area contributed by atoms with Crippen LogP contribution in [-0.4, -0.2) is 28.5 Å². The molecule has 0 saturated carbocycles. The van der Waals surface area contributed by atoms with Crippen LogP contribution < -0.4 is 11.3 Å². The topological polar surface area (TPSA) is 68.3 Å². The predicted molar refractivity (Wildman–Crippen MR) is 74.8 cm³/mol. The number of pyridine rings is 1. The van der Waals surface area contributed by atoms with Crippen molar-refractivity contribution in [2.45, 2.75) is 38.6 Å². The number of hydrogen-bond acceptors (Lipinski definition) is 3. The Morgan fingerprint density at radius 3 is 2.42 bits per heavy atom. The van der Waals surface area contributed by atoms with Gasteiger partial charge in [-0.05, 0) is 18.9 Å². The van der Waals surface area contributed by atoms with Crippen LogP contribution >= 0.6 is 0 Å². The van der Waals surface area contributed by atoms with Crippen LogP contribution in [-0.2, 0) is 11.3 Å². The Morgan fingerprint density at radius 2 is 1.74 bits per heavy atom. The fraction of sp³-hybridized carbons (Fsp3) is 0.571. The maximum atomic E-state index is 12.2. The van der Waals surface area contributed by atoms with E-state index >= 15 is 0 Å². The highest BCUT2D eigenvalue weighted by molar-refractivity contribution is 5.76. The third-order valence-corrected chi connectivity index (χ3v) is 3.52. The van der Waals surface area contributed by atoms with Crippen LogP contribution in [0.15, 0.2) is 23.1 Å². The standard InChI is InChI=1S/C14H21N3O2/c15-12-6-7-13(18)17(10-12)11-14(19)16-8-4-2-1-3-5-9-16/h6-7,10H,1-5,8-9,11,15H2. The van der Waals surface area contributed by atoms with Gasteiger partial charge in [0.25, 0.3) is 5.56 Å². The van der Waals surface area contributed by atoms with Gasteiger partial charge in [0.1, 0.15) is 6.54 Å². The quantitative estimate of drug-likeness (QED) is 0.872. The number of amides is 1. The van der Waals surface area contributed by atoms with Crippen molar-refractivity contribution in [1.82, 2.24) is 9.47 Å². The lowest BCUT2D eigenvalue weighted by molar-refractivity contribution is -0.132. The van der Waals surface area contributed by atoms with Gasteiger partial charge in [0, 0.05) is 31.0 Å². The number of anilines is 1. The van der Waals surface area contributed by atoms with E-state index in [-0.39, 0.29) is 18.0 Å². The lowest BCUT2D eigenvalue weighted by Gasteiger charge is -2.25. The van der Waals surface area contributed by atoms with Crippen LogP contribution in [0.3, 0.4) is 0 Å². The van der Waals surface area contributed by atoms with E-state index in [1.165, 1.54) is 36.1 Å². The van der Waals surface area contributed by atoms with Gasteiger partial charge in [0.2, 0.25) is 5.91 Å². The van der Waals surface area contributed by atoms with Crippen molar-refractivity contribution in [1.29, 1.82) is 0 Å². The zero-order valence-corrected chi connectivity index (χ0v) is 11.2. The zero-order valence-electron chi connectivity index (χ0n) is 11.2. The van der Waals surface area contributed by atoms with E-state index in [2.05, 4.69) is 0 Å². The monoisotopic (exact) mass is 263 g/mol. The summed E-state index contributed by atoms with van der Waals surface area (Å²) in [6.07, 6.45) is 7.26. The summed E-state index contributed by atoms with van der Waals surface area (Å²) < 4.78 is 1.39.